The van der Waals surface area contributed by atoms with E-state index in [-0.39, 0.29) is 17.0 Å². The van der Waals surface area contributed by atoms with Gasteiger partial charge in [0.25, 0.3) is 5.91 Å². The van der Waals surface area contributed by atoms with Gasteiger partial charge in [0.2, 0.25) is 5.43 Å². The minimum Gasteiger partial charge on any atom is -0.343 e. The molecule has 4 nitrogen and oxygen atoms in total. The van der Waals surface area contributed by atoms with Gasteiger partial charge in [0, 0.05) is 28.3 Å². The van der Waals surface area contributed by atoms with Crippen molar-refractivity contribution in [3.8, 4) is 0 Å². The fourth-order valence-electron chi connectivity index (χ4n) is 3.31. The van der Waals surface area contributed by atoms with Gasteiger partial charge in [0.1, 0.15) is 5.56 Å². The van der Waals surface area contributed by atoms with E-state index in [1.807, 2.05) is 16.7 Å². The first kappa shape index (κ1) is 15.0. The molecule has 1 N–H and O–H groups in total. The standard InChI is InChI=1S/C19H15ClN2O2/c1-11-9-12-3-2-4-15-17(12)22(11)10-16(18(15)23)19(24)21-14-7-5-13(20)6-8-14/h2-8,10-11H,9H2,1H3,(H,21,24). The second kappa shape index (κ2) is 5.49. The molecule has 24 heavy (non-hydrogen) atoms. The number of pyridine rings is 1. The summed E-state index contributed by atoms with van der Waals surface area (Å²) in [6, 6.07) is 12.7. The Balaban J connectivity index is 1.81. The zero-order valence-corrected chi connectivity index (χ0v) is 13.8. The van der Waals surface area contributed by atoms with Crippen LogP contribution in [0.15, 0.2) is 53.5 Å². The Labute approximate surface area is 143 Å². The molecular weight excluding hydrogens is 324 g/mol. The third-order valence-electron chi connectivity index (χ3n) is 4.47. The molecule has 0 saturated carbocycles. The van der Waals surface area contributed by atoms with Gasteiger partial charge >= 0.3 is 0 Å². The Morgan fingerprint density at radius 3 is 2.71 bits per heavy atom. The molecule has 0 bridgehead atoms. The van der Waals surface area contributed by atoms with Gasteiger partial charge in [-0.15, -0.1) is 0 Å². The summed E-state index contributed by atoms with van der Waals surface area (Å²) in [4.78, 5) is 25.4. The number of carbonyl (C=O) groups excluding carboxylic acids is 1. The quantitative estimate of drug-likeness (QED) is 0.767. The molecule has 0 spiro atoms. The van der Waals surface area contributed by atoms with Crippen molar-refractivity contribution in [2.24, 2.45) is 0 Å². The van der Waals surface area contributed by atoms with E-state index < -0.39 is 5.91 Å². The zero-order valence-electron chi connectivity index (χ0n) is 13.0. The molecule has 1 aromatic heterocycles. The van der Waals surface area contributed by atoms with Crippen molar-refractivity contribution in [2.75, 3.05) is 5.32 Å². The largest absolute Gasteiger partial charge is 0.343 e. The molecule has 1 amide bonds. The number of hydrogen-bond acceptors (Lipinski definition) is 2. The first-order chi connectivity index (χ1) is 11.5. The van der Waals surface area contributed by atoms with Crippen LogP contribution in [0.5, 0.6) is 0 Å². The monoisotopic (exact) mass is 338 g/mol. The third-order valence-corrected chi connectivity index (χ3v) is 4.72. The molecule has 0 radical (unpaired) electrons. The van der Waals surface area contributed by atoms with Crippen LogP contribution < -0.4 is 10.7 Å². The molecule has 1 atom stereocenters. The summed E-state index contributed by atoms with van der Waals surface area (Å²) in [5.41, 5.74) is 2.62. The maximum atomic E-state index is 12.8. The summed E-state index contributed by atoms with van der Waals surface area (Å²) >= 11 is 5.85. The Morgan fingerprint density at radius 1 is 1.21 bits per heavy atom. The number of anilines is 1. The topological polar surface area (TPSA) is 51.1 Å². The molecule has 2 aromatic carbocycles. The molecule has 5 heteroatoms. The van der Waals surface area contributed by atoms with Crippen LogP contribution in [0.3, 0.4) is 0 Å². The molecule has 0 saturated heterocycles. The molecule has 1 aliphatic rings. The average molecular weight is 339 g/mol. The molecule has 1 aliphatic heterocycles. The van der Waals surface area contributed by atoms with Crippen molar-refractivity contribution in [3.63, 3.8) is 0 Å². The summed E-state index contributed by atoms with van der Waals surface area (Å²) in [6.07, 6.45) is 2.55. The minimum atomic E-state index is -0.405. The highest BCUT2D eigenvalue weighted by atomic mass is 35.5. The van der Waals surface area contributed by atoms with Crippen molar-refractivity contribution in [1.82, 2.24) is 4.57 Å². The summed E-state index contributed by atoms with van der Waals surface area (Å²) in [5.74, 6) is -0.405. The van der Waals surface area contributed by atoms with Crippen LogP contribution in [0, 0.1) is 0 Å². The number of aromatic nitrogens is 1. The van der Waals surface area contributed by atoms with Crippen LogP contribution in [0.4, 0.5) is 5.69 Å². The Hall–Kier alpha value is -2.59. The number of rotatable bonds is 2. The average Bonchev–Trinajstić information content (AvgIpc) is 2.89. The highest BCUT2D eigenvalue weighted by Gasteiger charge is 2.24. The summed E-state index contributed by atoms with van der Waals surface area (Å²) in [7, 11) is 0. The van der Waals surface area contributed by atoms with Crippen molar-refractivity contribution in [3.05, 3.63) is 75.0 Å². The van der Waals surface area contributed by atoms with E-state index >= 15 is 0 Å². The second-order valence-electron chi connectivity index (χ2n) is 6.11. The number of halogens is 1. The predicted octanol–water partition coefficient (Wildman–Crippen LogP) is 4.02. The van der Waals surface area contributed by atoms with Crippen molar-refractivity contribution < 1.29 is 4.79 Å². The molecule has 0 fully saturated rings. The van der Waals surface area contributed by atoms with Crippen LogP contribution in [0.2, 0.25) is 5.02 Å². The van der Waals surface area contributed by atoms with Crippen LogP contribution in [-0.2, 0) is 6.42 Å². The van der Waals surface area contributed by atoms with Gasteiger partial charge in [-0.25, -0.2) is 0 Å². The number of amides is 1. The van der Waals surface area contributed by atoms with E-state index in [2.05, 4.69) is 12.2 Å². The maximum absolute atomic E-state index is 12.8. The molecule has 4 rings (SSSR count). The Bertz CT molecular complexity index is 1020. The Morgan fingerprint density at radius 2 is 1.96 bits per heavy atom. The third kappa shape index (κ3) is 2.31. The van der Waals surface area contributed by atoms with Crippen LogP contribution >= 0.6 is 11.6 Å². The number of nitrogens with zero attached hydrogens (tertiary/aromatic N) is 1. The fraction of sp³-hybridized carbons (Fsp3) is 0.158. The van der Waals surface area contributed by atoms with Crippen molar-refractivity contribution in [2.45, 2.75) is 19.4 Å². The molecule has 1 unspecified atom stereocenters. The number of para-hydroxylation sites is 1. The number of nitrogens with one attached hydrogen (secondary N) is 1. The summed E-state index contributed by atoms with van der Waals surface area (Å²) < 4.78 is 2.03. The van der Waals surface area contributed by atoms with E-state index in [1.165, 1.54) is 0 Å². The Kier molecular flexibility index (Phi) is 3.43. The lowest BCUT2D eigenvalue weighted by Gasteiger charge is -2.12. The highest BCUT2D eigenvalue weighted by Crippen LogP contribution is 2.31. The number of carbonyl (C=O) groups is 1. The normalized spacial score (nSPS) is 15.7. The number of hydrogen-bond donors (Lipinski definition) is 1. The maximum Gasteiger partial charge on any atom is 0.261 e. The lowest BCUT2D eigenvalue weighted by atomic mass is 10.1. The van der Waals surface area contributed by atoms with Crippen molar-refractivity contribution >= 4 is 34.1 Å². The summed E-state index contributed by atoms with van der Waals surface area (Å²) in [6.45, 7) is 2.09. The molecule has 2 heterocycles. The van der Waals surface area contributed by atoms with Gasteiger partial charge in [0.05, 0.1) is 5.52 Å². The van der Waals surface area contributed by atoms with E-state index in [4.69, 9.17) is 11.6 Å². The highest BCUT2D eigenvalue weighted by molar-refractivity contribution is 6.30. The van der Waals surface area contributed by atoms with Crippen LogP contribution in [-0.4, -0.2) is 10.5 Å². The van der Waals surface area contributed by atoms with E-state index in [0.29, 0.717) is 16.1 Å². The molecule has 0 aliphatic carbocycles. The SMILES string of the molecule is CC1Cc2cccc3c(=O)c(C(=O)Nc4ccc(Cl)cc4)cn1c23. The van der Waals surface area contributed by atoms with Crippen LogP contribution in [0.1, 0.15) is 28.9 Å². The van der Waals surface area contributed by atoms with E-state index in [0.717, 1.165) is 17.5 Å². The van der Waals surface area contributed by atoms with Crippen LogP contribution in [0.25, 0.3) is 10.9 Å². The molecule has 120 valence electrons. The zero-order chi connectivity index (χ0) is 16.8. The van der Waals surface area contributed by atoms with Gasteiger partial charge in [0.15, 0.2) is 0 Å². The first-order valence-corrected chi connectivity index (χ1v) is 8.16. The predicted molar refractivity (Wildman–Crippen MR) is 96.0 cm³/mol. The fourth-order valence-corrected chi connectivity index (χ4v) is 3.44. The van der Waals surface area contributed by atoms with Gasteiger partial charge in [-0.05, 0) is 49.2 Å². The first-order valence-electron chi connectivity index (χ1n) is 7.78. The van der Waals surface area contributed by atoms with E-state index in [1.54, 1.807) is 36.5 Å². The van der Waals surface area contributed by atoms with Gasteiger partial charge in [-0.1, -0.05) is 23.7 Å². The van der Waals surface area contributed by atoms with Gasteiger partial charge in [-0.3, -0.25) is 9.59 Å². The van der Waals surface area contributed by atoms with E-state index in [9.17, 15) is 9.59 Å². The molecule has 3 aromatic rings. The molecular formula is C19H15ClN2O2. The lowest BCUT2D eigenvalue weighted by Crippen LogP contribution is -2.23. The second-order valence-corrected chi connectivity index (χ2v) is 6.54. The van der Waals surface area contributed by atoms with Gasteiger partial charge < -0.3 is 9.88 Å². The summed E-state index contributed by atoms with van der Waals surface area (Å²) in [5, 5.41) is 3.95. The smallest absolute Gasteiger partial charge is 0.261 e. The van der Waals surface area contributed by atoms with Crippen molar-refractivity contribution in [1.29, 1.82) is 0 Å². The number of benzene rings is 2. The lowest BCUT2D eigenvalue weighted by molar-refractivity contribution is 0.102. The van der Waals surface area contributed by atoms with Gasteiger partial charge in [-0.2, -0.15) is 0 Å². The minimum absolute atomic E-state index is 0.156.